The van der Waals surface area contributed by atoms with E-state index in [0.717, 1.165) is 12.1 Å². The first-order valence-electron chi connectivity index (χ1n) is 7.47. The smallest absolute Gasteiger partial charge is 0.289 e. The number of nitrogens with one attached hydrogen (secondary N) is 1. The number of nitrogens with zero attached hydrogens (tertiary/aromatic N) is 1. The van der Waals surface area contributed by atoms with Gasteiger partial charge in [-0.3, -0.25) is 4.79 Å². The maximum absolute atomic E-state index is 12.7. The molecular weight excluding hydrogens is 335 g/mol. The molecule has 2 unspecified atom stereocenters. The lowest BCUT2D eigenvalue weighted by Gasteiger charge is -2.38. The summed E-state index contributed by atoms with van der Waals surface area (Å²) in [6.45, 7) is 5.62. The molecule has 4 nitrogen and oxygen atoms in total. The van der Waals surface area contributed by atoms with Crippen molar-refractivity contribution in [1.29, 1.82) is 0 Å². The first kappa shape index (κ1) is 17.9. The number of halogens is 2. The fourth-order valence-electron chi connectivity index (χ4n) is 2.74. The van der Waals surface area contributed by atoms with E-state index in [1.54, 1.807) is 18.2 Å². The van der Waals surface area contributed by atoms with E-state index in [0.29, 0.717) is 23.1 Å². The van der Waals surface area contributed by atoms with Gasteiger partial charge in [-0.2, -0.15) is 0 Å². The Balaban J connectivity index is 0.00000192. The molecule has 1 aromatic carbocycles. The lowest BCUT2D eigenvalue weighted by Crippen LogP contribution is -2.57. The first-order valence-corrected chi connectivity index (χ1v) is 7.85. The van der Waals surface area contributed by atoms with Gasteiger partial charge in [0.1, 0.15) is 5.76 Å². The van der Waals surface area contributed by atoms with E-state index in [4.69, 9.17) is 16.0 Å². The molecule has 0 radical (unpaired) electrons. The minimum Gasteiger partial charge on any atom is -0.451 e. The number of carbonyl (C=O) groups is 1. The van der Waals surface area contributed by atoms with Crippen LogP contribution in [-0.2, 0) is 0 Å². The summed E-state index contributed by atoms with van der Waals surface area (Å²) in [7, 11) is 0. The van der Waals surface area contributed by atoms with E-state index in [-0.39, 0.29) is 30.4 Å². The highest BCUT2D eigenvalue weighted by atomic mass is 35.5. The number of hydrogen-bond donors (Lipinski definition) is 1. The third-order valence-electron chi connectivity index (χ3n) is 4.25. The monoisotopic (exact) mass is 354 g/mol. The molecule has 0 bridgehead atoms. The molecule has 1 aliphatic rings. The van der Waals surface area contributed by atoms with Crippen LogP contribution in [-0.4, -0.2) is 36.0 Å². The van der Waals surface area contributed by atoms with Crippen LogP contribution in [0.3, 0.4) is 0 Å². The Morgan fingerprint density at radius 1 is 1.26 bits per heavy atom. The summed E-state index contributed by atoms with van der Waals surface area (Å²) in [4.78, 5) is 14.5. The zero-order chi connectivity index (χ0) is 15.7. The van der Waals surface area contributed by atoms with Crippen LogP contribution in [0.5, 0.6) is 0 Å². The van der Waals surface area contributed by atoms with Crippen molar-refractivity contribution in [3.63, 3.8) is 0 Å². The number of rotatable bonds is 2. The van der Waals surface area contributed by atoms with E-state index >= 15 is 0 Å². The number of hydrogen-bond acceptors (Lipinski definition) is 3. The molecule has 1 aromatic heterocycles. The van der Waals surface area contributed by atoms with Crippen molar-refractivity contribution < 1.29 is 9.21 Å². The Labute approximate surface area is 147 Å². The number of carbonyl (C=O) groups excluding carboxylic acids is 1. The molecule has 1 fully saturated rings. The Morgan fingerprint density at radius 3 is 2.74 bits per heavy atom. The van der Waals surface area contributed by atoms with Crippen LogP contribution in [0, 0.1) is 0 Å². The van der Waals surface area contributed by atoms with Gasteiger partial charge in [-0.15, -0.1) is 12.4 Å². The van der Waals surface area contributed by atoms with Crippen molar-refractivity contribution in [3.8, 4) is 11.3 Å². The van der Waals surface area contributed by atoms with Crippen molar-refractivity contribution in [1.82, 2.24) is 10.2 Å². The fourth-order valence-corrected chi connectivity index (χ4v) is 2.97. The van der Waals surface area contributed by atoms with Crippen molar-refractivity contribution >= 4 is 29.9 Å². The lowest BCUT2D eigenvalue weighted by molar-refractivity contribution is 0.0571. The van der Waals surface area contributed by atoms with Crippen molar-refractivity contribution in [2.45, 2.75) is 25.9 Å². The summed E-state index contributed by atoms with van der Waals surface area (Å²) in [6.07, 6.45) is 0. The lowest BCUT2D eigenvalue weighted by atomic mass is 10.1. The summed E-state index contributed by atoms with van der Waals surface area (Å²) in [5, 5.41) is 3.98. The number of piperazine rings is 1. The van der Waals surface area contributed by atoms with Gasteiger partial charge in [0.15, 0.2) is 5.76 Å². The second-order valence-electron chi connectivity index (χ2n) is 5.63. The fraction of sp³-hybridized carbons (Fsp3) is 0.353. The average molecular weight is 355 g/mol. The molecular formula is C17H20Cl2N2O2. The molecule has 2 aromatic rings. The van der Waals surface area contributed by atoms with Crippen LogP contribution >= 0.6 is 24.0 Å². The maximum atomic E-state index is 12.7. The zero-order valence-corrected chi connectivity index (χ0v) is 14.7. The summed E-state index contributed by atoms with van der Waals surface area (Å²) in [5.41, 5.74) is 0.796. The predicted molar refractivity (Wildman–Crippen MR) is 94.4 cm³/mol. The van der Waals surface area contributed by atoms with E-state index in [2.05, 4.69) is 12.2 Å². The predicted octanol–water partition coefficient (Wildman–Crippen LogP) is 3.84. The number of furan rings is 1. The highest BCUT2D eigenvalue weighted by molar-refractivity contribution is 6.33. The molecule has 124 valence electrons. The Bertz CT molecular complexity index is 687. The van der Waals surface area contributed by atoms with Gasteiger partial charge in [0.25, 0.3) is 5.91 Å². The highest BCUT2D eigenvalue weighted by Crippen LogP contribution is 2.29. The molecule has 2 heterocycles. The largest absolute Gasteiger partial charge is 0.451 e. The van der Waals surface area contributed by atoms with E-state index in [1.165, 1.54) is 0 Å². The van der Waals surface area contributed by atoms with Crippen molar-refractivity contribution in [2.75, 3.05) is 13.1 Å². The van der Waals surface area contributed by atoms with Gasteiger partial charge in [-0.05, 0) is 38.1 Å². The van der Waals surface area contributed by atoms with Crippen molar-refractivity contribution in [2.24, 2.45) is 0 Å². The summed E-state index contributed by atoms with van der Waals surface area (Å²) in [6, 6.07) is 11.4. The normalized spacial score (nSPS) is 20.9. The van der Waals surface area contributed by atoms with E-state index in [9.17, 15) is 4.79 Å². The van der Waals surface area contributed by atoms with Gasteiger partial charge in [0, 0.05) is 30.7 Å². The van der Waals surface area contributed by atoms with Gasteiger partial charge < -0.3 is 14.6 Å². The summed E-state index contributed by atoms with van der Waals surface area (Å²) in [5.74, 6) is 0.903. The first-order chi connectivity index (χ1) is 10.6. The number of amides is 1. The highest BCUT2D eigenvalue weighted by Gasteiger charge is 2.30. The average Bonchev–Trinajstić information content (AvgIpc) is 2.99. The van der Waals surface area contributed by atoms with Gasteiger partial charge >= 0.3 is 0 Å². The molecule has 23 heavy (non-hydrogen) atoms. The SMILES string of the molecule is CC1NCCN(C(=O)c2ccc(-c3ccccc3Cl)o2)C1C.Cl. The van der Waals surface area contributed by atoms with Crippen LogP contribution in [0.25, 0.3) is 11.3 Å². The molecule has 0 saturated carbocycles. The standard InChI is InChI=1S/C17H19ClN2O2.ClH/c1-11-12(2)20(10-9-19-11)17(21)16-8-7-15(22-16)13-5-3-4-6-14(13)18;/h3-8,11-12,19H,9-10H2,1-2H3;1H. The molecule has 1 amide bonds. The molecule has 2 atom stereocenters. The molecule has 3 rings (SSSR count). The third kappa shape index (κ3) is 3.55. The minimum absolute atomic E-state index is 0. The summed E-state index contributed by atoms with van der Waals surface area (Å²) < 4.78 is 5.75. The number of benzene rings is 1. The van der Waals surface area contributed by atoms with Gasteiger partial charge in [0.05, 0.1) is 5.02 Å². The third-order valence-corrected chi connectivity index (χ3v) is 4.58. The van der Waals surface area contributed by atoms with Gasteiger partial charge in [0.2, 0.25) is 0 Å². The molecule has 1 N–H and O–H groups in total. The van der Waals surface area contributed by atoms with E-state index < -0.39 is 0 Å². The van der Waals surface area contributed by atoms with Crippen molar-refractivity contribution in [3.05, 3.63) is 47.2 Å². The Morgan fingerprint density at radius 2 is 2.00 bits per heavy atom. The molecule has 1 saturated heterocycles. The quantitative estimate of drug-likeness (QED) is 0.890. The zero-order valence-electron chi connectivity index (χ0n) is 13.1. The Hall–Kier alpha value is -1.49. The Kier molecular flexibility index (Phi) is 5.74. The van der Waals surface area contributed by atoms with Crippen LogP contribution in [0.15, 0.2) is 40.8 Å². The van der Waals surface area contributed by atoms with Crippen LogP contribution in [0.4, 0.5) is 0 Å². The van der Waals surface area contributed by atoms with Crippen LogP contribution < -0.4 is 5.32 Å². The van der Waals surface area contributed by atoms with E-state index in [1.807, 2.05) is 30.0 Å². The van der Waals surface area contributed by atoms with Crippen LogP contribution in [0.2, 0.25) is 5.02 Å². The topological polar surface area (TPSA) is 45.5 Å². The molecule has 6 heteroatoms. The maximum Gasteiger partial charge on any atom is 0.289 e. The second kappa shape index (κ2) is 7.39. The van der Waals surface area contributed by atoms with Crippen LogP contribution in [0.1, 0.15) is 24.4 Å². The second-order valence-corrected chi connectivity index (χ2v) is 6.03. The molecule has 0 aliphatic carbocycles. The molecule has 1 aliphatic heterocycles. The minimum atomic E-state index is -0.0702. The molecule has 0 spiro atoms. The van der Waals surface area contributed by atoms with Gasteiger partial charge in [-0.1, -0.05) is 23.7 Å². The van der Waals surface area contributed by atoms with Gasteiger partial charge in [-0.25, -0.2) is 0 Å². The summed E-state index contributed by atoms with van der Waals surface area (Å²) >= 11 is 6.17.